The second-order valence-electron chi connectivity index (χ2n) is 8.20. The Hall–Kier alpha value is -3.33. The highest BCUT2D eigenvalue weighted by atomic mass is 15.2. The van der Waals surface area contributed by atoms with Crippen molar-refractivity contribution in [3.63, 3.8) is 0 Å². The van der Waals surface area contributed by atoms with E-state index in [4.69, 9.17) is 4.98 Å². The number of hydrogen-bond donors (Lipinski definition) is 1. The molecule has 136 valence electrons. The summed E-state index contributed by atoms with van der Waals surface area (Å²) in [5.74, 6) is 1.04. The van der Waals surface area contributed by atoms with Crippen LogP contribution in [0.5, 0.6) is 0 Å². The first-order chi connectivity index (χ1) is 13.6. The lowest BCUT2D eigenvalue weighted by molar-refractivity contribution is 0.529. The molecule has 1 N–H and O–H groups in total. The van der Waals surface area contributed by atoms with E-state index >= 15 is 0 Å². The number of nitrogens with zero attached hydrogens (tertiary/aromatic N) is 2. The van der Waals surface area contributed by atoms with Gasteiger partial charge in [-0.05, 0) is 41.0 Å². The van der Waals surface area contributed by atoms with Gasteiger partial charge in [0, 0.05) is 16.7 Å². The predicted octanol–water partition coefficient (Wildman–Crippen LogP) is 6.00. The van der Waals surface area contributed by atoms with Gasteiger partial charge in [0.2, 0.25) is 0 Å². The Bertz CT molecular complexity index is 1280. The fourth-order valence-electron chi connectivity index (χ4n) is 4.84. The molecule has 0 fully saturated rings. The van der Waals surface area contributed by atoms with Crippen molar-refractivity contribution >= 4 is 22.8 Å². The zero-order chi connectivity index (χ0) is 18.9. The van der Waals surface area contributed by atoms with Gasteiger partial charge in [-0.1, -0.05) is 68.5 Å². The molecule has 28 heavy (non-hydrogen) atoms. The minimum absolute atomic E-state index is 0.0275. The number of aromatic nitrogens is 2. The molecule has 3 heteroatoms. The molecule has 3 aromatic carbocycles. The Morgan fingerprint density at radius 2 is 1.64 bits per heavy atom. The van der Waals surface area contributed by atoms with Crippen LogP contribution in [0, 0.1) is 0 Å². The highest BCUT2D eigenvalue weighted by molar-refractivity contribution is 5.87. The topological polar surface area (TPSA) is 29.9 Å². The van der Waals surface area contributed by atoms with Crippen molar-refractivity contribution in [2.45, 2.75) is 25.4 Å². The summed E-state index contributed by atoms with van der Waals surface area (Å²) in [5.41, 5.74) is 8.51. The van der Waals surface area contributed by atoms with Crippen molar-refractivity contribution in [3.8, 4) is 11.4 Å². The van der Waals surface area contributed by atoms with Crippen LogP contribution in [0.3, 0.4) is 0 Å². The molecule has 1 aliphatic carbocycles. The first-order valence-corrected chi connectivity index (χ1v) is 9.79. The lowest BCUT2D eigenvalue weighted by Crippen LogP contribution is -2.32. The Morgan fingerprint density at radius 1 is 0.893 bits per heavy atom. The average molecular weight is 363 g/mol. The van der Waals surface area contributed by atoms with Crippen LogP contribution in [0.25, 0.3) is 28.5 Å². The first kappa shape index (κ1) is 15.7. The van der Waals surface area contributed by atoms with Gasteiger partial charge < -0.3 is 5.32 Å². The number of benzene rings is 3. The van der Waals surface area contributed by atoms with Crippen LogP contribution >= 0.6 is 0 Å². The van der Waals surface area contributed by atoms with E-state index in [1.54, 1.807) is 0 Å². The summed E-state index contributed by atoms with van der Waals surface area (Å²) in [6.07, 6.45) is 2.39. The van der Waals surface area contributed by atoms with Crippen molar-refractivity contribution in [1.82, 2.24) is 9.55 Å². The summed E-state index contributed by atoms with van der Waals surface area (Å²) in [6, 6.07) is 25.6. The fourth-order valence-corrected chi connectivity index (χ4v) is 4.84. The number of imidazole rings is 1. The summed E-state index contributed by atoms with van der Waals surface area (Å²) in [7, 11) is 0. The standard InChI is InChI=1S/C25H21N3/c1-25(2)18-11-5-3-9-16(18)15-19(25)24-26-20-12-6-4-10-17(20)23-27-21-13-7-8-14-22(21)28(23)24/h3-15,24,26H,1-2H3. The second-order valence-corrected chi connectivity index (χ2v) is 8.20. The molecule has 1 aliphatic heterocycles. The SMILES string of the molecule is CC1(C)C(C2Nc3ccccc3-c3nc4ccccc4n32)=Cc2ccccc21. The predicted molar refractivity (Wildman–Crippen MR) is 115 cm³/mol. The normalized spacial score (nSPS) is 18.8. The second kappa shape index (κ2) is 5.35. The maximum Gasteiger partial charge on any atom is 0.145 e. The van der Waals surface area contributed by atoms with Gasteiger partial charge in [-0.3, -0.25) is 4.57 Å². The van der Waals surface area contributed by atoms with Crippen LogP contribution in [0.15, 0.2) is 78.4 Å². The maximum atomic E-state index is 5.01. The highest BCUT2D eigenvalue weighted by Crippen LogP contribution is 2.50. The van der Waals surface area contributed by atoms with E-state index in [1.165, 1.54) is 16.7 Å². The van der Waals surface area contributed by atoms with Crippen molar-refractivity contribution in [2.75, 3.05) is 5.32 Å². The summed E-state index contributed by atoms with van der Waals surface area (Å²) in [4.78, 5) is 5.01. The molecule has 2 aliphatic rings. The Labute approximate surface area is 164 Å². The Kier molecular flexibility index (Phi) is 3.00. The zero-order valence-electron chi connectivity index (χ0n) is 16.0. The minimum atomic E-state index is -0.0524. The summed E-state index contributed by atoms with van der Waals surface area (Å²) >= 11 is 0. The van der Waals surface area contributed by atoms with Crippen molar-refractivity contribution in [1.29, 1.82) is 0 Å². The average Bonchev–Trinajstić information content (AvgIpc) is 3.23. The summed E-state index contributed by atoms with van der Waals surface area (Å²) < 4.78 is 2.37. The van der Waals surface area contributed by atoms with Gasteiger partial charge in [-0.25, -0.2) is 4.98 Å². The van der Waals surface area contributed by atoms with Gasteiger partial charge >= 0.3 is 0 Å². The summed E-state index contributed by atoms with van der Waals surface area (Å²) in [6.45, 7) is 4.65. The van der Waals surface area contributed by atoms with Gasteiger partial charge in [0.1, 0.15) is 12.0 Å². The molecule has 1 unspecified atom stereocenters. The van der Waals surface area contributed by atoms with E-state index in [-0.39, 0.29) is 11.6 Å². The highest BCUT2D eigenvalue weighted by Gasteiger charge is 2.40. The molecule has 2 heterocycles. The fraction of sp³-hybridized carbons (Fsp3) is 0.160. The number of para-hydroxylation sites is 3. The molecule has 0 radical (unpaired) electrons. The minimum Gasteiger partial charge on any atom is -0.361 e. The van der Waals surface area contributed by atoms with Gasteiger partial charge in [-0.15, -0.1) is 0 Å². The van der Waals surface area contributed by atoms with Crippen LogP contribution in [0.4, 0.5) is 5.69 Å². The smallest absolute Gasteiger partial charge is 0.145 e. The lowest BCUT2D eigenvalue weighted by atomic mass is 9.79. The number of nitrogens with one attached hydrogen (secondary N) is 1. The quantitative estimate of drug-likeness (QED) is 0.449. The van der Waals surface area contributed by atoms with Gasteiger partial charge in [0.05, 0.1) is 11.0 Å². The van der Waals surface area contributed by atoms with E-state index in [0.717, 1.165) is 28.1 Å². The van der Waals surface area contributed by atoms with Crippen LogP contribution in [-0.4, -0.2) is 9.55 Å². The largest absolute Gasteiger partial charge is 0.361 e. The first-order valence-electron chi connectivity index (χ1n) is 9.79. The molecule has 0 amide bonds. The van der Waals surface area contributed by atoms with E-state index in [2.05, 4.69) is 103 Å². The molecule has 0 saturated carbocycles. The number of fused-ring (bicyclic) bond motifs is 6. The number of hydrogen-bond acceptors (Lipinski definition) is 2. The maximum absolute atomic E-state index is 5.01. The van der Waals surface area contributed by atoms with E-state index in [1.807, 2.05) is 0 Å². The molecule has 1 aromatic heterocycles. The van der Waals surface area contributed by atoms with Crippen LogP contribution in [0.1, 0.15) is 31.1 Å². The monoisotopic (exact) mass is 363 g/mol. The third-order valence-corrected chi connectivity index (χ3v) is 6.28. The van der Waals surface area contributed by atoms with E-state index in [0.29, 0.717) is 0 Å². The van der Waals surface area contributed by atoms with Gasteiger partial charge in [-0.2, -0.15) is 0 Å². The van der Waals surface area contributed by atoms with Crippen LogP contribution in [-0.2, 0) is 5.41 Å². The summed E-state index contributed by atoms with van der Waals surface area (Å²) in [5, 5.41) is 3.82. The number of anilines is 1. The lowest BCUT2D eigenvalue weighted by Gasteiger charge is -2.36. The molecular weight excluding hydrogens is 342 g/mol. The molecule has 6 rings (SSSR count). The van der Waals surface area contributed by atoms with Gasteiger partial charge in [0.15, 0.2) is 0 Å². The van der Waals surface area contributed by atoms with Crippen LogP contribution < -0.4 is 5.32 Å². The molecule has 1 atom stereocenters. The molecule has 0 bridgehead atoms. The molecule has 3 nitrogen and oxygen atoms in total. The molecular formula is C25H21N3. The molecule has 4 aromatic rings. The van der Waals surface area contributed by atoms with E-state index < -0.39 is 0 Å². The van der Waals surface area contributed by atoms with Crippen molar-refractivity contribution in [3.05, 3.63) is 89.5 Å². The Balaban J connectivity index is 1.63. The third-order valence-electron chi connectivity index (χ3n) is 6.28. The van der Waals surface area contributed by atoms with Crippen molar-refractivity contribution < 1.29 is 0 Å². The molecule has 0 saturated heterocycles. The zero-order valence-corrected chi connectivity index (χ0v) is 16.0. The van der Waals surface area contributed by atoms with Crippen molar-refractivity contribution in [2.24, 2.45) is 0 Å². The number of rotatable bonds is 1. The van der Waals surface area contributed by atoms with Gasteiger partial charge in [0.25, 0.3) is 0 Å². The Morgan fingerprint density at radius 3 is 2.54 bits per heavy atom. The van der Waals surface area contributed by atoms with Crippen LogP contribution in [0.2, 0.25) is 0 Å². The third kappa shape index (κ3) is 1.96. The van der Waals surface area contributed by atoms with E-state index in [9.17, 15) is 0 Å². The molecule has 0 spiro atoms.